The summed E-state index contributed by atoms with van der Waals surface area (Å²) < 4.78 is 87.7. The first-order chi connectivity index (χ1) is 18.5. The summed E-state index contributed by atoms with van der Waals surface area (Å²) in [5.74, 6) is -2.26. The van der Waals surface area contributed by atoms with Gasteiger partial charge < -0.3 is 19.0 Å². The van der Waals surface area contributed by atoms with Crippen LogP contribution >= 0.6 is 0 Å². The lowest BCUT2D eigenvalue weighted by Gasteiger charge is -2.32. The van der Waals surface area contributed by atoms with Gasteiger partial charge >= 0.3 is 24.5 Å². The molecule has 0 saturated heterocycles. The van der Waals surface area contributed by atoms with Crippen LogP contribution in [-0.4, -0.2) is 63.3 Å². The van der Waals surface area contributed by atoms with E-state index in [0.29, 0.717) is 24.0 Å². The van der Waals surface area contributed by atoms with E-state index < -0.39 is 42.1 Å². The molecule has 0 unspecified atom stereocenters. The van der Waals surface area contributed by atoms with Crippen LogP contribution in [0.25, 0.3) is 17.1 Å². The summed E-state index contributed by atoms with van der Waals surface area (Å²) in [6.45, 7) is 0.0961. The van der Waals surface area contributed by atoms with Crippen LogP contribution in [0.3, 0.4) is 0 Å². The Morgan fingerprint density at radius 3 is 2.67 bits per heavy atom. The van der Waals surface area contributed by atoms with Crippen LogP contribution in [0, 0.1) is 0 Å². The fourth-order valence-corrected chi connectivity index (χ4v) is 4.26. The van der Waals surface area contributed by atoms with Crippen LogP contribution in [-0.2, 0) is 12.7 Å². The van der Waals surface area contributed by atoms with Crippen molar-refractivity contribution in [2.45, 2.75) is 25.1 Å². The normalized spacial score (nSPS) is 16.1. The van der Waals surface area contributed by atoms with Gasteiger partial charge in [-0.25, -0.2) is 9.50 Å². The second kappa shape index (κ2) is 8.57. The minimum atomic E-state index is -4.94. The number of amides is 1. The van der Waals surface area contributed by atoms with Gasteiger partial charge in [0.2, 0.25) is 0 Å². The maximum absolute atomic E-state index is 13.5. The molecule has 1 N–H and O–H groups in total. The maximum atomic E-state index is 13.5. The number of carbonyl (C=O) groups excluding carboxylic acids is 1. The lowest BCUT2D eigenvalue weighted by atomic mass is 9.99. The van der Waals surface area contributed by atoms with Gasteiger partial charge in [0.25, 0.3) is 5.89 Å². The molecule has 0 radical (unpaired) electrons. The Labute approximate surface area is 211 Å². The van der Waals surface area contributed by atoms with Crippen molar-refractivity contribution < 1.29 is 40.3 Å². The lowest BCUT2D eigenvalue weighted by molar-refractivity contribution is -0.274. The number of nitrogens with zero attached hydrogens (tertiary/aromatic N) is 8. The van der Waals surface area contributed by atoms with Crippen molar-refractivity contribution in [2.75, 3.05) is 6.54 Å². The smallest absolute Gasteiger partial charge is 0.411 e. The SMILES string of the molecule is O=C(c1nnc(-c2ccn(C(F)(F)F)n2)o1)N1CCc2[nH]cnc2[C@@H]1c1cc2c(OC(F)(F)F)cccn2n1. The lowest BCUT2D eigenvalue weighted by Crippen LogP contribution is -2.41. The summed E-state index contributed by atoms with van der Waals surface area (Å²) in [5.41, 5.74) is 0.913. The van der Waals surface area contributed by atoms with Crippen LogP contribution in [0.5, 0.6) is 5.75 Å². The minimum Gasteiger partial charge on any atom is -0.411 e. The minimum absolute atomic E-state index is 0.0137. The summed E-state index contributed by atoms with van der Waals surface area (Å²) in [6, 6.07) is 3.78. The van der Waals surface area contributed by atoms with Gasteiger partial charge in [-0.1, -0.05) is 0 Å². The molecule has 5 aromatic rings. The second-order valence-corrected chi connectivity index (χ2v) is 8.26. The van der Waals surface area contributed by atoms with Crippen molar-refractivity contribution in [1.29, 1.82) is 0 Å². The Bertz CT molecular complexity index is 1680. The number of aromatic amines is 1. The van der Waals surface area contributed by atoms with Gasteiger partial charge in [-0.05, 0) is 24.3 Å². The number of alkyl halides is 6. The zero-order valence-corrected chi connectivity index (χ0v) is 19.1. The van der Waals surface area contributed by atoms with Crippen molar-refractivity contribution in [3.63, 3.8) is 0 Å². The third-order valence-electron chi connectivity index (χ3n) is 5.85. The molecule has 1 aliphatic heterocycles. The molecule has 39 heavy (non-hydrogen) atoms. The molecule has 202 valence electrons. The van der Waals surface area contributed by atoms with Crippen molar-refractivity contribution in [2.24, 2.45) is 0 Å². The highest BCUT2D eigenvalue weighted by Crippen LogP contribution is 2.36. The van der Waals surface area contributed by atoms with E-state index in [1.807, 2.05) is 0 Å². The Balaban J connectivity index is 1.36. The number of H-pyrrole nitrogens is 1. The third-order valence-corrected chi connectivity index (χ3v) is 5.85. The highest BCUT2D eigenvalue weighted by atomic mass is 19.4. The molecule has 1 aliphatic rings. The maximum Gasteiger partial charge on any atom is 0.573 e. The van der Waals surface area contributed by atoms with Crippen LogP contribution in [0.1, 0.15) is 33.8 Å². The van der Waals surface area contributed by atoms with Gasteiger partial charge in [-0.2, -0.15) is 14.9 Å². The van der Waals surface area contributed by atoms with Gasteiger partial charge in [0.15, 0.2) is 5.75 Å². The first-order valence-corrected chi connectivity index (χ1v) is 11.0. The van der Waals surface area contributed by atoms with Crippen molar-refractivity contribution in [3.05, 3.63) is 66.0 Å². The Kier molecular flexibility index (Phi) is 5.37. The summed E-state index contributed by atoms with van der Waals surface area (Å²) in [5, 5.41) is 15.0. The molecular weight excluding hydrogens is 540 g/mol. The molecule has 0 saturated carbocycles. The van der Waals surface area contributed by atoms with E-state index in [9.17, 15) is 31.1 Å². The van der Waals surface area contributed by atoms with Gasteiger partial charge in [0.05, 0.1) is 17.7 Å². The topological polar surface area (TPSA) is 132 Å². The quantitative estimate of drug-likeness (QED) is 0.335. The van der Waals surface area contributed by atoms with Gasteiger partial charge in [-0.15, -0.1) is 36.5 Å². The predicted octanol–water partition coefficient (Wildman–Crippen LogP) is 3.47. The van der Waals surface area contributed by atoms with E-state index in [0.717, 1.165) is 12.1 Å². The fraction of sp³-hybridized carbons (Fsp3) is 0.238. The zero-order chi connectivity index (χ0) is 27.5. The number of ether oxygens (including phenoxy) is 1. The summed E-state index contributed by atoms with van der Waals surface area (Å²) in [4.78, 5) is 22.0. The monoisotopic (exact) mass is 553 g/mol. The van der Waals surface area contributed by atoms with Gasteiger partial charge in [0, 0.05) is 31.1 Å². The molecule has 0 spiro atoms. The standard InChI is InChI=1S/C21H13F6N9O3/c22-20(23,24)36-7-4-11(33-36)17-30-31-18(38-17)19(37)34-6-3-10-15(29-9-28-10)16(34)12-8-13-14(39-21(25,26)27)2-1-5-35(13)32-12/h1-2,4-5,7-9,16H,3,6H2,(H,28,29)/t16-/m0/s1. The average molecular weight is 553 g/mol. The highest BCUT2D eigenvalue weighted by Gasteiger charge is 2.39. The van der Waals surface area contributed by atoms with Crippen molar-refractivity contribution >= 4 is 11.4 Å². The molecule has 6 rings (SSSR count). The number of aromatic nitrogens is 8. The Morgan fingerprint density at radius 1 is 1.10 bits per heavy atom. The van der Waals surface area contributed by atoms with Gasteiger partial charge in [-0.3, -0.25) is 4.79 Å². The van der Waals surface area contributed by atoms with Crippen LogP contribution < -0.4 is 4.74 Å². The predicted molar refractivity (Wildman–Crippen MR) is 114 cm³/mol. The molecule has 1 amide bonds. The second-order valence-electron chi connectivity index (χ2n) is 8.26. The summed E-state index contributed by atoms with van der Waals surface area (Å²) in [7, 11) is 0. The van der Waals surface area contributed by atoms with Crippen molar-refractivity contribution in [3.8, 4) is 17.3 Å². The summed E-state index contributed by atoms with van der Waals surface area (Å²) >= 11 is 0. The fourth-order valence-electron chi connectivity index (χ4n) is 4.26. The molecular formula is C21H13F6N9O3. The first kappa shape index (κ1) is 24.4. The Morgan fingerprint density at radius 2 is 1.92 bits per heavy atom. The number of halogens is 6. The van der Waals surface area contributed by atoms with E-state index in [-0.39, 0.29) is 28.1 Å². The molecule has 12 nitrogen and oxygen atoms in total. The van der Waals surface area contributed by atoms with E-state index in [1.165, 1.54) is 34.1 Å². The number of hydrogen-bond donors (Lipinski definition) is 1. The number of carbonyl (C=O) groups is 1. The number of rotatable bonds is 4. The van der Waals surface area contributed by atoms with E-state index in [4.69, 9.17) is 4.42 Å². The molecule has 0 bridgehead atoms. The molecule has 1 atom stereocenters. The molecule has 6 heterocycles. The van der Waals surface area contributed by atoms with Crippen LogP contribution in [0.2, 0.25) is 0 Å². The molecule has 18 heteroatoms. The Hall–Kier alpha value is -4.90. The van der Waals surface area contributed by atoms with E-state index >= 15 is 0 Å². The molecule has 0 fully saturated rings. The van der Waals surface area contributed by atoms with Crippen LogP contribution in [0.4, 0.5) is 26.3 Å². The zero-order valence-electron chi connectivity index (χ0n) is 19.1. The number of hydrogen-bond acceptors (Lipinski definition) is 8. The number of imidazole rings is 1. The number of fused-ring (bicyclic) bond motifs is 2. The average Bonchev–Trinajstić information content (AvgIpc) is 3.66. The van der Waals surface area contributed by atoms with E-state index in [2.05, 4.69) is 35.1 Å². The van der Waals surface area contributed by atoms with E-state index in [1.54, 1.807) is 0 Å². The van der Waals surface area contributed by atoms with Gasteiger partial charge in [0.1, 0.15) is 17.3 Å². The first-order valence-electron chi connectivity index (χ1n) is 11.0. The molecule has 0 aromatic carbocycles. The van der Waals surface area contributed by atoms with Crippen LogP contribution in [0.15, 0.2) is 47.4 Å². The molecule has 0 aliphatic carbocycles. The number of pyridine rings is 1. The molecule has 5 aromatic heterocycles. The highest BCUT2D eigenvalue weighted by molar-refractivity contribution is 5.90. The largest absolute Gasteiger partial charge is 0.573 e. The summed E-state index contributed by atoms with van der Waals surface area (Å²) in [6.07, 6.45) is -5.90. The third kappa shape index (κ3) is 4.42. The number of nitrogens with one attached hydrogen (secondary N) is 1. The van der Waals surface area contributed by atoms with Crippen molar-refractivity contribution in [1.82, 2.24) is 44.5 Å².